The SMILES string of the molecule is Cc1cc(F)cc2c(=O)n(C)c(C)nc12. The minimum atomic E-state index is -0.400. The Kier molecular flexibility index (Phi) is 2.07. The zero-order valence-corrected chi connectivity index (χ0v) is 8.84. The molecule has 0 fully saturated rings. The van der Waals surface area contributed by atoms with Gasteiger partial charge in [0.15, 0.2) is 0 Å². The number of aromatic nitrogens is 2. The normalized spacial score (nSPS) is 10.9. The molecule has 78 valence electrons. The maximum Gasteiger partial charge on any atom is 0.261 e. The molecule has 0 atom stereocenters. The van der Waals surface area contributed by atoms with Crippen LogP contribution in [-0.2, 0) is 7.05 Å². The third kappa shape index (κ3) is 1.42. The van der Waals surface area contributed by atoms with Crippen LogP contribution in [0.1, 0.15) is 11.4 Å². The molecule has 0 amide bonds. The van der Waals surface area contributed by atoms with E-state index in [1.54, 1.807) is 20.9 Å². The average Bonchev–Trinajstić information content (AvgIpc) is 2.17. The highest BCUT2D eigenvalue weighted by Crippen LogP contribution is 2.15. The summed E-state index contributed by atoms with van der Waals surface area (Å²) in [6.07, 6.45) is 0. The molecule has 3 nitrogen and oxygen atoms in total. The lowest BCUT2D eigenvalue weighted by molar-refractivity contribution is 0.628. The van der Waals surface area contributed by atoms with Crippen molar-refractivity contribution in [3.63, 3.8) is 0 Å². The minimum absolute atomic E-state index is 0.208. The molecule has 2 aromatic rings. The predicted molar refractivity (Wildman–Crippen MR) is 56.4 cm³/mol. The van der Waals surface area contributed by atoms with E-state index in [1.807, 2.05) is 0 Å². The Morgan fingerprint density at radius 2 is 2.00 bits per heavy atom. The third-order valence-corrected chi connectivity index (χ3v) is 2.56. The highest BCUT2D eigenvalue weighted by atomic mass is 19.1. The Morgan fingerprint density at radius 3 is 2.67 bits per heavy atom. The molecule has 1 aromatic carbocycles. The summed E-state index contributed by atoms with van der Waals surface area (Å²) in [5, 5.41) is 0.334. The molecule has 0 N–H and O–H groups in total. The first-order valence-electron chi connectivity index (χ1n) is 4.64. The van der Waals surface area contributed by atoms with Crippen LogP contribution in [0.5, 0.6) is 0 Å². The fourth-order valence-corrected chi connectivity index (χ4v) is 1.61. The summed E-state index contributed by atoms with van der Waals surface area (Å²) in [6, 6.07) is 2.62. The smallest absolute Gasteiger partial charge is 0.261 e. The molecule has 0 spiro atoms. The molecule has 1 aromatic heterocycles. The van der Waals surface area contributed by atoms with Gasteiger partial charge in [-0.15, -0.1) is 0 Å². The molecule has 0 saturated heterocycles. The summed E-state index contributed by atoms with van der Waals surface area (Å²) in [5.74, 6) is 0.227. The first kappa shape index (κ1) is 9.83. The van der Waals surface area contributed by atoms with E-state index in [-0.39, 0.29) is 5.56 Å². The van der Waals surface area contributed by atoms with Gasteiger partial charge in [-0.1, -0.05) is 0 Å². The number of halogens is 1. The molecule has 4 heteroatoms. The molecule has 0 unspecified atom stereocenters. The Labute approximate surface area is 86.2 Å². The van der Waals surface area contributed by atoms with Gasteiger partial charge in [-0.3, -0.25) is 9.36 Å². The molecule has 2 rings (SSSR count). The van der Waals surface area contributed by atoms with E-state index in [1.165, 1.54) is 16.7 Å². The van der Waals surface area contributed by atoms with E-state index in [0.717, 1.165) is 0 Å². The van der Waals surface area contributed by atoms with Gasteiger partial charge < -0.3 is 0 Å². The van der Waals surface area contributed by atoms with Crippen LogP contribution in [0.3, 0.4) is 0 Å². The number of hydrogen-bond acceptors (Lipinski definition) is 2. The molecule has 0 aliphatic carbocycles. The summed E-state index contributed by atoms with van der Waals surface area (Å²) in [5.41, 5.74) is 1.06. The monoisotopic (exact) mass is 206 g/mol. The van der Waals surface area contributed by atoms with Crippen LogP contribution in [0.2, 0.25) is 0 Å². The maximum atomic E-state index is 13.1. The fourth-order valence-electron chi connectivity index (χ4n) is 1.61. The number of rotatable bonds is 0. The number of nitrogens with zero attached hydrogens (tertiary/aromatic N) is 2. The summed E-state index contributed by atoms with van der Waals surface area (Å²) in [7, 11) is 1.63. The average molecular weight is 206 g/mol. The van der Waals surface area contributed by atoms with Gasteiger partial charge in [-0.25, -0.2) is 9.37 Å². The van der Waals surface area contributed by atoms with Crippen molar-refractivity contribution in [1.82, 2.24) is 9.55 Å². The van der Waals surface area contributed by atoms with E-state index in [2.05, 4.69) is 4.98 Å². The second-order valence-corrected chi connectivity index (χ2v) is 3.64. The third-order valence-electron chi connectivity index (χ3n) is 2.56. The van der Waals surface area contributed by atoms with E-state index < -0.39 is 5.82 Å². The van der Waals surface area contributed by atoms with Gasteiger partial charge in [-0.2, -0.15) is 0 Å². The lowest BCUT2D eigenvalue weighted by atomic mass is 10.1. The number of benzene rings is 1. The fraction of sp³-hybridized carbons (Fsp3) is 0.273. The molecule has 0 saturated carbocycles. The quantitative estimate of drug-likeness (QED) is 0.657. The van der Waals surface area contributed by atoms with Crippen LogP contribution in [0.4, 0.5) is 4.39 Å². The van der Waals surface area contributed by atoms with Crippen molar-refractivity contribution >= 4 is 10.9 Å². The summed E-state index contributed by atoms with van der Waals surface area (Å²) >= 11 is 0. The van der Waals surface area contributed by atoms with Crippen LogP contribution in [0, 0.1) is 19.7 Å². The van der Waals surface area contributed by atoms with Crippen molar-refractivity contribution in [3.05, 3.63) is 39.7 Å². The van der Waals surface area contributed by atoms with E-state index in [4.69, 9.17) is 0 Å². The van der Waals surface area contributed by atoms with Gasteiger partial charge in [0.25, 0.3) is 5.56 Å². The van der Waals surface area contributed by atoms with Crippen molar-refractivity contribution in [2.24, 2.45) is 7.05 Å². The molecule has 0 radical (unpaired) electrons. The van der Waals surface area contributed by atoms with E-state index in [0.29, 0.717) is 22.3 Å². The molecule has 1 heterocycles. The standard InChI is InChI=1S/C11H11FN2O/c1-6-4-8(12)5-9-10(6)13-7(2)14(3)11(9)15/h4-5H,1-3H3. The minimum Gasteiger partial charge on any atom is -0.299 e. The highest BCUT2D eigenvalue weighted by molar-refractivity contribution is 5.80. The molecule has 0 aliphatic heterocycles. The van der Waals surface area contributed by atoms with Gasteiger partial charge in [0, 0.05) is 7.05 Å². The second-order valence-electron chi connectivity index (χ2n) is 3.64. The van der Waals surface area contributed by atoms with Gasteiger partial charge in [-0.05, 0) is 31.5 Å². The van der Waals surface area contributed by atoms with Crippen LogP contribution >= 0.6 is 0 Å². The maximum absolute atomic E-state index is 13.1. The number of aryl methyl sites for hydroxylation is 2. The van der Waals surface area contributed by atoms with Crippen molar-refractivity contribution in [1.29, 1.82) is 0 Å². The number of hydrogen-bond donors (Lipinski definition) is 0. The molecule has 0 aliphatic rings. The summed E-state index contributed by atoms with van der Waals surface area (Å²) < 4.78 is 14.6. The van der Waals surface area contributed by atoms with Crippen LogP contribution in [0.25, 0.3) is 10.9 Å². The topological polar surface area (TPSA) is 34.9 Å². The molecule has 15 heavy (non-hydrogen) atoms. The van der Waals surface area contributed by atoms with Crippen molar-refractivity contribution in [3.8, 4) is 0 Å². The van der Waals surface area contributed by atoms with Crippen LogP contribution in [-0.4, -0.2) is 9.55 Å². The second kappa shape index (κ2) is 3.15. The zero-order valence-electron chi connectivity index (χ0n) is 8.84. The number of fused-ring (bicyclic) bond motifs is 1. The lowest BCUT2D eigenvalue weighted by Crippen LogP contribution is -2.21. The lowest BCUT2D eigenvalue weighted by Gasteiger charge is -2.06. The van der Waals surface area contributed by atoms with Gasteiger partial charge >= 0.3 is 0 Å². The van der Waals surface area contributed by atoms with Crippen molar-refractivity contribution in [2.75, 3.05) is 0 Å². The molecular formula is C11H11FN2O. The molecular weight excluding hydrogens is 195 g/mol. The van der Waals surface area contributed by atoms with Gasteiger partial charge in [0.05, 0.1) is 10.9 Å². The largest absolute Gasteiger partial charge is 0.299 e. The Balaban J connectivity index is 3.06. The highest BCUT2D eigenvalue weighted by Gasteiger charge is 2.08. The molecule has 0 bridgehead atoms. The zero-order chi connectivity index (χ0) is 11.2. The van der Waals surface area contributed by atoms with E-state index >= 15 is 0 Å². The van der Waals surface area contributed by atoms with Gasteiger partial charge in [0.2, 0.25) is 0 Å². The summed E-state index contributed by atoms with van der Waals surface area (Å²) in [4.78, 5) is 16.1. The Hall–Kier alpha value is -1.71. The Morgan fingerprint density at radius 1 is 1.33 bits per heavy atom. The first-order chi connectivity index (χ1) is 7.00. The predicted octanol–water partition coefficient (Wildman–Crippen LogP) is 1.69. The summed E-state index contributed by atoms with van der Waals surface area (Å²) in [6.45, 7) is 3.50. The van der Waals surface area contributed by atoms with Crippen LogP contribution in [0.15, 0.2) is 16.9 Å². The first-order valence-corrected chi connectivity index (χ1v) is 4.64. The van der Waals surface area contributed by atoms with Crippen molar-refractivity contribution < 1.29 is 4.39 Å². The van der Waals surface area contributed by atoms with Crippen molar-refractivity contribution in [2.45, 2.75) is 13.8 Å². The van der Waals surface area contributed by atoms with Gasteiger partial charge in [0.1, 0.15) is 11.6 Å². The Bertz CT molecular complexity index is 602. The van der Waals surface area contributed by atoms with Crippen LogP contribution < -0.4 is 5.56 Å². The van der Waals surface area contributed by atoms with E-state index in [9.17, 15) is 9.18 Å².